The largest absolute Gasteiger partial charge is 0.345 e. The van der Waals surface area contributed by atoms with Crippen LogP contribution in [0.1, 0.15) is 90.9 Å². The molecule has 0 radical (unpaired) electrons. The summed E-state index contributed by atoms with van der Waals surface area (Å²) in [5.74, 6) is -0.554. The molecule has 0 rings (SSSR count). The Morgan fingerprint density at radius 2 is 1.32 bits per heavy atom. The summed E-state index contributed by atoms with van der Waals surface area (Å²) in [4.78, 5) is 15.3. The average molecular weight is 272 g/mol. The first-order valence-corrected chi connectivity index (χ1v) is 8.11. The lowest BCUT2D eigenvalue weighted by molar-refractivity contribution is -0.239. The van der Waals surface area contributed by atoms with E-state index < -0.39 is 5.97 Å². The van der Waals surface area contributed by atoms with Gasteiger partial charge in [-0.05, 0) is 12.8 Å². The topological polar surface area (TPSA) is 46.5 Å². The van der Waals surface area contributed by atoms with Gasteiger partial charge >= 0.3 is 5.97 Å². The lowest BCUT2D eigenvalue weighted by Gasteiger charge is -2.12. The van der Waals surface area contributed by atoms with Crippen LogP contribution in [0.3, 0.4) is 0 Å². The molecule has 19 heavy (non-hydrogen) atoms. The number of unbranched alkanes of at least 4 members (excludes halogenated alkanes) is 8. The number of hydrogen-bond donors (Lipinski definition) is 1. The van der Waals surface area contributed by atoms with Crippen LogP contribution in [0, 0.1) is 5.92 Å². The molecule has 0 spiro atoms. The Morgan fingerprint density at radius 1 is 0.842 bits per heavy atom. The molecule has 0 saturated carbocycles. The number of carbonyl (C=O) groups excluding carboxylic acids is 1. The zero-order chi connectivity index (χ0) is 14.3. The lowest BCUT2D eigenvalue weighted by Crippen LogP contribution is -2.16. The van der Waals surface area contributed by atoms with Gasteiger partial charge in [0.05, 0.1) is 5.92 Å². The summed E-state index contributed by atoms with van der Waals surface area (Å²) in [6, 6.07) is 0. The molecule has 0 bridgehead atoms. The smallest absolute Gasteiger partial charge is 0.301 e. The van der Waals surface area contributed by atoms with Crippen LogP contribution >= 0.6 is 0 Å². The van der Waals surface area contributed by atoms with Crippen LogP contribution in [-0.4, -0.2) is 11.2 Å². The fraction of sp³-hybridized carbons (Fsp3) is 0.938. The highest BCUT2D eigenvalue weighted by atomic mass is 17.1. The van der Waals surface area contributed by atoms with Crippen LogP contribution in [-0.2, 0) is 9.68 Å². The summed E-state index contributed by atoms with van der Waals surface area (Å²) in [5.41, 5.74) is 0. The molecular formula is C16H32O3. The molecule has 3 heteroatoms. The van der Waals surface area contributed by atoms with Crippen LogP contribution in [0.25, 0.3) is 0 Å². The van der Waals surface area contributed by atoms with Gasteiger partial charge < -0.3 is 4.89 Å². The van der Waals surface area contributed by atoms with Gasteiger partial charge in [0.2, 0.25) is 0 Å². The van der Waals surface area contributed by atoms with Gasteiger partial charge in [0.15, 0.2) is 0 Å². The van der Waals surface area contributed by atoms with Crippen LogP contribution in [0.2, 0.25) is 0 Å². The molecule has 114 valence electrons. The molecule has 1 unspecified atom stereocenters. The van der Waals surface area contributed by atoms with Crippen molar-refractivity contribution in [2.24, 2.45) is 5.92 Å². The van der Waals surface area contributed by atoms with Crippen LogP contribution in [0.5, 0.6) is 0 Å². The van der Waals surface area contributed by atoms with Gasteiger partial charge in [0, 0.05) is 0 Å². The Bertz CT molecular complexity index is 204. The van der Waals surface area contributed by atoms with Crippen molar-refractivity contribution in [3.05, 3.63) is 0 Å². The zero-order valence-electron chi connectivity index (χ0n) is 12.8. The Hall–Kier alpha value is -0.570. The highest BCUT2D eigenvalue weighted by Gasteiger charge is 2.19. The number of carbonyl (C=O) groups is 1. The van der Waals surface area contributed by atoms with Crippen molar-refractivity contribution < 1.29 is 14.9 Å². The first-order valence-electron chi connectivity index (χ1n) is 8.11. The highest BCUT2D eigenvalue weighted by molar-refractivity contribution is 5.71. The van der Waals surface area contributed by atoms with Crippen molar-refractivity contribution in [2.45, 2.75) is 90.9 Å². The summed E-state index contributed by atoms with van der Waals surface area (Å²) in [5, 5.41) is 8.48. The predicted octanol–water partition coefficient (Wildman–Crippen LogP) is 5.34. The summed E-state index contributed by atoms with van der Waals surface area (Å²) < 4.78 is 0. The first kappa shape index (κ1) is 18.4. The second-order valence-electron chi connectivity index (χ2n) is 5.51. The highest BCUT2D eigenvalue weighted by Crippen LogP contribution is 2.19. The molecule has 0 saturated heterocycles. The van der Waals surface area contributed by atoms with Crippen molar-refractivity contribution >= 4 is 5.97 Å². The normalized spacial score (nSPS) is 12.4. The van der Waals surface area contributed by atoms with E-state index in [-0.39, 0.29) is 5.92 Å². The Labute approximate surface area is 118 Å². The molecule has 0 fully saturated rings. The Kier molecular flexibility index (Phi) is 13.4. The summed E-state index contributed by atoms with van der Waals surface area (Å²) >= 11 is 0. The Balaban J connectivity index is 3.55. The van der Waals surface area contributed by atoms with Gasteiger partial charge in [-0.15, -0.1) is 0 Å². The van der Waals surface area contributed by atoms with Crippen molar-refractivity contribution in [3.63, 3.8) is 0 Å². The van der Waals surface area contributed by atoms with Crippen molar-refractivity contribution in [3.8, 4) is 0 Å². The molecule has 0 amide bonds. The van der Waals surface area contributed by atoms with Gasteiger partial charge in [0.1, 0.15) is 0 Å². The SMILES string of the molecule is CCCCCCCCCCC(CCCC)C(=O)OO. The van der Waals surface area contributed by atoms with E-state index in [4.69, 9.17) is 5.26 Å². The zero-order valence-corrected chi connectivity index (χ0v) is 12.8. The number of rotatable bonds is 13. The molecule has 0 aliphatic carbocycles. The third-order valence-electron chi connectivity index (χ3n) is 3.74. The predicted molar refractivity (Wildman–Crippen MR) is 79.0 cm³/mol. The molecular weight excluding hydrogens is 240 g/mol. The molecule has 1 atom stereocenters. The molecule has 0 aromatic rings. The van der Waals surface area contributed by atoms with E-state index in [2.05, 4.69) is 18.7 Å². The van der Waals surface area contributed by atoms with Gasteiger partial charge in [-0.2, -0.15) is 5.26 Å². The maximum atomic E-state index is 11.4. The van der Waals surface area contributed by atoms with E-state index in [0.29, 0.717) is 0 Å². The van der Waals surface area contributed by atoms with Crippen molar-refractivity contribution in [1.82, 2.24) is 0 Å². The molecule has 0 aliphatic rings. The standard InChI is InChI=1S/C16H32O3/c1-3-5-7-8-9-10-11-12-14-15(13-6-4-2)16(17)19-18/h15,18H,3-14H2,1-2H3. The third kappa shape index (κ3) is 11.0. The molecule has 0 aromatic heterocycles. The second-order valence-corrected chi connectivity index (χ2v) is 5.51. The minimum Gasteiger partial charge on any atom is -0.301 e. The molecule has 0 aliphatic heterocycles. The van der Waals surface area contributed by atoms with Crippen molar-refractivity contribution in [1.29, 1.82) is 0 Å². The fourth-order valence-corrected chi connectivity index (χ4v) is 2.43. The Morgan fingerprint density at radius 3 is 1.84 bits per heavy atom. The van der Waals surface area contributed by atoms with Crippen molar-refractivity contribution in [2.75, 3.05) is 0 Å². The van der Waals surface area contributed by atoms with E-state index in [1.54, 1.807) is 0 Å². The van der Waals surface area contributed by atoms with E-state index in [0.717, 1.165) is 32.1 Å². The van der Waals surface area contributed by atoms with Crippen LogP contribution in [0.15, 0.2) is 0 Å². The van der Waals surface area contributed by atoms with Gasteiger partial charge in [-0.3, -0.25) is 0 Å². The summed E-state index contributed by atoms with van der Waals surface area (Å²) in [6.07, 6.45) is 14.0. The van der Waals surface area contributed by atoms with E-state index in [1.807, 2.05) is 0 Å². The van der Waals surface area contributed by atoms with E-state index in [1.165, 1.54) is 44.9 Å². The average Bonchev–Trinajstić information content (AvgIpc) is 2.44. The molecule has 0 heterocycles. The van der Waals surface area contributed by atoms with E-state index >= 15 is 0 Å². The van der Waals surface area contributed by atoms with Gasteiger partial charge in [0.25, 0.3) is 0 Å². The maximum Gasteiger partial charge on any atom is 0.345 e. The van der Waals surface area contributed by atoms with Gasteiger partial charge in [-0.1, -0.05) is 78.1 Å². The van der Waals surface area contributed by atoms with E-state index in [9.17, 15) is 4.79 Å². The lowest BCUT2D eigenvalue weighted by atomic mass is 9.95. The second kappa shape index (κ2) is 13.9. The van der Waals surface area contributed by atoms with Crippen LogP contribution < -0.4 is 0 Å². The molecule has 1 N–H and O–H groups in total. The summed E-state index contributed by atoms with van der Waals surface area (Å²) in [6.45, 7) is 4.34. The first-order chi connectivity index (χ1) is 9.26. The minimum atomic E-state index is -0.448. The minimum absolute atomic E-state index is 0.106. The maximum absolute atomic E-state index is 11.4. The quantitative estimate of drug-likeness (QED) is 0.279. The molecule has 0 aromatic carbocycles. The van der Waals surface area contributed by atoms with Gasteiger partial charge in [-0.25, -0.2) is 4.79 Å². The van der Waals surface area contributed by atoms with Crippen LogP contribution in [0.4, 0.5) is 0 Å². The monoisotopic (exact) mass is 272 g/mol. The molecule has 3 nitrogen and oxygen atoms in total. The number of hydrogen-bond acceptors (Lipinski definition) is 3. The summed E-state index contributed by atoms with van der Waals surface area (Å²) in [7, 11) is 0. The fourth-order valence-electron chi connectivity index (χ4n) is 2.43. The third-order valence-corrected chi connectivity index (χ3v) is 3.74.